The summed E-state index contributed by atoms with van der Waals surface area (Å²) in [7, 11) is -1.44. The third-order valence-electron chi connectivity index (χ3n) is 5.97. The first-order valence-electron chi connectivity index (χ1n) is 12.5. The zero-order valence-electron chi connectivity index (χ0n) is 22.5. The minimum absolute atomic E-state index is 0.0341. The van der Waals surface area contributed by atoms with E-state index in [-0.39, 0.29) is 70.8 Å². The molecule has 0 saturated carbocycles. The minimum Gasteiger partial charge on any atom is -0.488 e. The largest absolute Gasteiger partial charge is 0.488 e. The number of hydrogen-bond acceptors (Lipinski definition) is 6. The van der Waals surface area contributed by atoms with Crippen LogP contribution < -0.4 is 9.46 Å². The number of halogens is 3. The minimum atomic E-state index is -1.44. The van der Waals surface area contributed by atoms with Crippen LogP contribution in [-0.2, 0) is 40.1 Å². The van der Waals surface area contributed by atoms with Gasteiger partial charge in [0, 0.05) is 28.5 Å². The molecule has 0 fully saturated rings. The first kappa shape index (κ1) is 29.3. The molecule has 0 saturated heterocycles. The van der Waals surface area contributed by atoms with Gasteiger partial charge in [-0.15, -0.1) is 0 Å². The van der Waals surface area contributed by atoms with Gasteiger partial charge in [0.15, 0.2) is 5.82 Å². The summed E-state index contributed by atoms with van der Waals surface area (Å²) in [5.74, 6) is -2.25. The van der Waals surface area contributed by atoms with E-state index in [9.17, 15) is 13.4 Å². The number of benzene rings is 2. The van der Waals surface area contributed by atoms with Crippen molar-refractivity contribution in [2.75, 3.05) is 6.61 Å². The average Bonchev–Trinajstić information content (AvgIpc) is 3.39. The Hall–Kier alpha value is -3.70. The van der Waals surface area contributed by atoms with E-state index in [0.717, 1.165) is 6.07 Å². The highest BCUT2D eigenvalue weighted by Gasteiger charge is 2.23. The Labute approximate surface area is 232 Å². The van der Waals surface area contributed by atoms with Crippen LogP contribution in [0.15, 0.2) is 53.3 Å². The lowest BCUT2D eigenvalue weighted by molar-refractivity contribution is -0.142. The number of nitrogens with zero attached hydrogens (tertiary/aromatic N) is 1. The van der Waals surface area contributed by atoms with Gasteiger partial charge >= 0.3 is 5.97 Å². The summed E-state index contributed by atoms with van der Waals surface area (Å²) in [6.07, 6.45) is 2.48. The number of ether oxygens (including phenoxy) is 2. The van der Waals surface area contributed by atoms with Crippen molar-refractivity contribution in [3.05, 3.63) is 83.1 Å². The molecule has 4 aromatic rings. The van der Waals surface area contributed by atoms with Gasteiger partial charge in [-0.3, -0.25) is 9.78 Å². The molecule has 0 bridgehead atoms. The first-order valence-corrected chi connectivity index (χ1v) is 13.7. The molecule has 2 heterocycles. The molecular weight excluding hydrogens is 545 g/mol. The van der Waals surface area contributed by atoms with Crippen LogP contribution in [0.2, 0.25) is 0 Å². The molecule has 40 heavy (non-hydrogen) atoms. The van der Waals surface area contributed by atoms with Crippen molar-refractivity contribution < 1.29 is 36.1 Å². The second kappa shape index (κ2) is 12.2. The average molecular weight is 575 g/mol. The van der Waals surface area contributed by atoms with Crippen molar-refractivity contribution in [1.82, 2.24) is 9.71 Å². The maximum atomic E-state index is 15.7. The molecule has 1 N–H and O–H groups in total. The van der Waals surface area contributed by atoms with Crippen molar-refractivity contribution in [3.63, 3.8) is 0 Å². The second-order valence-corrected chi connectivity index (χ2v) is 12.0. The van der Waals surface area contributed by atoms with Crippen LogP contribution in [0, 0.1) is 17.5 Å². The van der Waals surface area contributed by atoms with E-state index in [1.807, 2.05) is 0 Å². The van der Waals surface area contributed by atoms with Gasteiger partial charge < -0.3 is 13.9 Å². The smallest absolute Gasteiger partial charge is 0.310 e. The van der Waals surface area contributed by atoms with Gasteiger partial charge in [0.2, 0.25) is 0 Å². The van der Waals surface area contributed by atoms with E-state index < -0.39 is 39.2 Å². The van der Waals surface area contributed by atoms with Crippen molar-refractivity contribution in [3.8, 4) is 16.9 Å². The van der Waals surface area contributed by atoms with Gasteiger partial charge in [-0.2, -0.15) is 0 Å². The fourth-order valence-electron chi connectivity index (χ4n) is 3.99. The summed E-state index contributed by atoms with van der Waals surface area (Å²) in [6.45, 7) is 6.81. The number of carbonyl (C=O) groups excluding carboxylic acids is 1. The second-order valence-electron chi connectivity index (χ2n) is 9.90. The number of rotatable bonds is 10. The van der Waals surface area contributed by atoms with Gasteiger partial charge in [0.1, 0.15) is 29.6 Å². The van der Waals surface area contributed by atoms with Gasteiger partial charge in [-0.05, 0) is 64.1 Å². The van der Waals surface area contributed by atoms with E-state index in [1.165, 1.54) is 42.8 Å². The number of fused-ring (bicyclic) bond motifs is 1. The van der Waals surface area contributed by atoms with Gasteiger partial charge in [0.25, 0.3) is 0 Å². The van der Waals surface area contributed by atoms with E-state index in [1.54, 1.807) is 27.7 Å². The molecule has 2 aromatic heterocycles. The summed E-state index contributed by atoms with van der Waals surface area (Å²) >= 11 is 0. The third-order valence-corrected chi connectivity index (χ3v) is 7.49. The summed E-state index contributed by atoms with van der Waals surface area (Å²) in [6, 6.07) is 7.95. The Kier molecular flexibility index (Phi) is 8.95. The Morgan fingerprint density at radius 2 is 1.82 bits per heavy atom. The monoisotopic (exact) mass is 574 g/mol. The van der Waals surface area contributed by atoms with Crippen LogP contribution in [-0.4, -0.2) is 26.5 Å². The Morgan fingerprint density at radius 3 is 2.55 bits per heavy atom. The maximum Gasteiger partial charge on any atom is 0.310 e. The van der Waals surface area contributed by atoms with E-state index in [4.69, 9.17) is 13.9 Å². The fourth-order valence-corrected chi connectivity index (χ4v) is 4.69. The predicted molar refractivity (Wildman–Crippen MR) is 145 cm³/mol. The molecule has 4 rings (SSSR count). The molecule has 2 aromatic carbocycles. The highest BCUT2D eigenvalue weighted by atomic mass is 32.2. The highest BCUT2D eigenvalue weighted by molar-refractivity contribution is 7.84. The van der Waals surface area contributed by atoms with Crippen molar-refractivity contribution in [2.24, 2.45) is 0 Å². The zero-order chi connectivity index (χ0) is 29.0. The topological polar surface area (TPSA) is 90.7 Å². The van der Waals surface area contributed by atoms with E-state index in [2.05, 4.69) is 9.71 Å². The lowest BCUT2D eigenvalue weighted by atomic mass is 9.99. The SMILES string of the molecule is CCOC(=O)Cc1cc(F)ccc1OCc1cc(-c2ccnc(CNS(=O)C(C)(C)C)c2F)c2occc2c1F. The number of pyridine rings is 1. The molecule has 212 valence electrons. The number of aromatic nitrogens is 1. The molecule has 1 atom stereocenters. The normalized spacial score (nSPS) is 12.5. The van der Waals surface area contributed by atoms with Gasteiger partial charge in [-0.1, -0.05) is 0 Å². The van der Waals surface area contributed by atoms with Crippen LogP contribution in [0.25, 0.3) is 22.1 Å². The molecule has 0 radical (unpaired) electrons. The number of carbonyl (C=O) groups is 1. The molecule has 1 unspecified atom stereocenters. The lowest BCUT2D eigenvalue weighted by Crippen LogP contribution is -2.33. The number of nitrogens with one attached hydrogen (secondary N) is 1. The Balaban J connectivity index is 1.67. The Bertz CT molecular complexity index is 1570. The molecule has 0 aliphatic heterocycles. The lowest BCUT2D eigenvalue weighted by Gasteiger charge is -2.18. The predicted octanol–water partition coefficient (Wildman–Crippen LogP) is 6.15. The summed E-state index contributed by atoms with van der Waals surface area (Å²) < 4.78 is 75.9. The van der Waals surface area contributed by atoms with E-state index >= 15 is 8.78 Å². The molecule has 11 heteroatoms. The quantitative estimate of drug-likeness (QED) is 0.229. The maximum absolute atomic E-state index is 15.7. The molecule has 0 aliphatic carbocycles. The first-order chi connectivity index (χ1) is 19.0. The third kappa shape index (κ3) is 6.53. The summed E-state index contributed by atoms with van der Waals surface area (Å²) in [5, 5.41) is 0.117. The zero-order valence-corrected chi connectivity index (χ0v) is 23.3. The fraction of sp³-hybridized carbons (Fsp3) is 0.310. The van der Waals surface area contributed by atoms with Crippen LogP contribution >= 0.6 is 0 Å². The summed E-state index contributed by atoms with van der Waals surface area (Å²) in [4.78, 5) is 16.1. The van der Waals surface area contributed by atoms with Crippen LogP contribution in [0.3, 0.4) is 0 Å². The number of esters is 1. The van der Waals surface area contributed by atoms with Crippen molar-refractivity contribution >= 4 is 27.9 Å². The standard InChI is InChI=1S/C29H29F3N2O5S/c1-5-37-25(35)14-17-12-19(30)6-7-24(17)39-16-18-13-22(28-21(26(18)31)9-11-38-28)20-8-10-33-23(27(20)32)15-34-40(36)29(2,3)4/h6-13,34H,5,14-16H2,1-4H3. The molecule has 0 amide bonds. The molecule has 0 spiro atoms. The van der Waals surface area contributed by atoms with Crippen LogP contribution in [0.4, 0.5) is 13.2 Å². The highest BCUT2D eigenvalue weighted by Crippen LogP contribution is 2.36. The van der Waals surface area contributed by atoms with Crippen LogP contribution in [0.5, 0.6) is 5.75 Å². The van der Waals surface area contributed by atoms with Gasteiger partial charge in [0.05, 0.1) is 52.6 Å². The van der Waals surface area contributed by atoms with Crippen molar-refractivity contribution in [1.29, 1.82) is 0 Å². The molecular formula is C29H29F3N2O5S. The van der Waals surface area contributed by atoms with Crippen LogP contribution in [0.1, 0.15) is 44.5 Å². The number of furan rings is 1. The molecule has 7 nitrogen and oxygen atoms in total. The van der Waals surface area contributed by atoms with E-state index in [0.29, 0.717) is 0 Å². The molecule has 0 aliphatic rings. The Morgan fingerprint density at radius 1 is 1.05 bits per heavy atom. The van der Waals surface area contributed by atoms with Gasteiger partial charge in [-0.25, -0.2) is 22.1 Å². The number of hydrogen-bond donors (Lipinski definition) is 1. The van der Waals surface area contributed by atoms with Crippen molar-refractivity contribution in [2.45, 2.75) is 52.0 Å². The summed E-state index contributed by atoms with van der Waals surface area (Å²) in [5.41, 5.74) is 0.872.